The number of carbonyl (C=O) groups excluding carboxylic acids is 2. The summed E-state index contributed by atoms with van der Waals surface area (Å²) < 4.78 is 32.2. The van der Waals surface area contributed by atoms with Crippen molar-refractivity contribution < 1.29 is 22.7 Å². The van der Waals surface area contributed by atoms with Crippen LogP contribution in [0.25, 0.3) is 0 Å². The van der Waals surface area contributed by atoms with Gasteiger partial charge in [-0.1, -0.05) is 19.1 Å². The van der Waals surface area contributed by atoms with E-state index >= 15 is 0 Å². The zero-order chi connectivity index (χ0) is 19.2. The van der Waals surface area contributed by atoms with Gasteiger partial charge in [-0.15, -0.1) is 0 Å². The molecule has 138 valence electrons. The van der Waals surface area contributed by atoms with Crippen LogP contribution in [0.4, 0.5) is 5.69 Å². The zero-order valence-corrected chi connectivity index (χ0v) is 15.3. The lowest BCUT2D eigenvalue weighted by Crippen LogP contribution is -2.24. The number of rotatable bonds is 7. The van der Waals surface area contributed by atoms with Gasteiger partial charge >= 0.3 is 5.97 Å². The monoisotopic (exact) mass is 376 g/mol. The summed E-state index contributed by atoms with van der Waals surface area (Å²) in [5.74, 6) is -0.905. The molecule has 0 saturated carbocycles. The van der Waals surface area contributed by atoms with Crippen LogP contribution in [0, 0.1) is 0 Å². The van der Waals surface area contributed by atoms with E-state index in [-0.39, 0.29) is 27.6 Å². The molecule has 0 unspecified atom stereocenters. The lowest BCUT2D eigenvalue weighted by molar-refractivity contribution is 0.0600. The molecule has 0 aliphatic rings. The minimum Gasteiger partial charge on any atom is -0.465 e. The molecule has 0 saturated heterocycles. The Hall–Kier alpha value is -2.87. The molecule has 0 radical (unpaired) electrons. The van der Waals surface area contributed by atoms with Crippen LogP contribution in [-0.4, -0.2) is 33.9 Å². The van der Waals surface area contributed by atoms with Gasteiger partial charge in [0.15, 0.2) is 0 Å². The van der Waals surface area contributed by atoms with Crippen LogP contribution < -0.4 is 10.0 Å². The molecule has 2 aromatic carbocycles. The summed E-state index contributed by atoms with van der Waals surface area (Å²) in [6.07, 6.45) is 0.780. The lowest BCUT2D eigenvalue weighted by Gasteiger charge is -2.10. The van der Waals surface area contributed by atoms with Crippen LogP contribution in [0.1, 0.15) is 34.1 Å². The van der Waals surface area contributed by atoms with Crippen molar-refractivity contribution in [3.05, 3.63) is 59.7 Å². The van der Waals surface area contributed by atoms with E-state index in [9.17, 15) is 18.0 Å². The number of anilines is 1. The highest BCUT2D eigenvalue weighted by Crippen LogP contribution is 2.18. The summed E-state index contributed by atoms with van der Waals surface area (Å²) in [7, 11) is -2.68. The standard InChI is InChI=1S/C18H20N2O5S/c1-3-10-19-17(21)13-6-5-9-16(12-13)26(23,24)20-15-8-4-7-14(11-15)18(22)25-2/h4-9,11-12,20H,3,10H2,1-2H3,(H,19,21). The molecule has 8 heteroatoms. The van der Waals surface area contributed by atoms with Gasteiger partial charge in [0, 0.05) is 17.8 Å². The number of esters is 1. The molecule has 2 aromatic rings. The maximum absolute atomic E-state index is 12.6. The molecule has 2 rings (SSSR count). The molecular formula is C18H20N2O5S. The number of nitrogens with one attached hydrogen (secondary N) is 2. The Morgan fingerprint density at radius 3 is 2.42 bits per heavy atom. The molecular weight excluding hydrogens is 356 g/mol. The normalized spacial score (nSPS) is 10.8. The van der Waals surface area contributed by atoms with Gasteiger partial charge in [0.1, 0.15) is 0 Å². The first-order chi connectivity index (χ1) is 12.4. The zero-order valence-electron chi connectivity index (χ0n) is 14.5. The second-order valence-corrected chi connectivity index (χ2v) is 7.14. The Bertz CT molecular complexity index is 909. The fourth-order valence-electron chi connectivity index (χ4n) is 2.19. The fourth-order valence-corrected chi connectivity index (χ4v) is 3.28. The van der Waals surface area contributed by atoms with Gasteiger partial charge in [-0.05, 0) is 42.8 Å². The Morgan fingerprint density at radius 1 is 1.04 bits per heavy atom. The highest BCUT2D eigenvalue weighted by atomic mass is 32.2. The van der Waals surface area contributed by atoms with E-state index in [1.165, 1.54) is 43.5 Å². The first-order valence-electron chi connectivity index (χ1n) is 7.97. The van der Waals surface area contributed by atoms with Crippen molar-refractivity contribution in [2.75, 3.05) is 18.4 Å². The molecule has 0 bridgehead atoms. The number of hydrogen-bond donors (Lipinski definition) is 2. The largest absolute Gasteiger partial charge is 0.465 e. The molecule has 0 aromatic heterocycles. The highest BCUT2D eigenvalue weighted by molar-refractivity contribution is 7.92. The van der Waals surface area contributed by atoms with Crippen molar-refractivity contribution in [3.63, 3.8) is 0 Å². The molecule has 0 heterocycles. The Morgan fingerprint density at radius 2 is 1.73 bits per heavy atom. The predicted molar refractivity (Wildman–Crippen MR) is 97.7 cm³/mol. The Kier molecular flexibility index (Phi) is 6.35. The molecule has 0 spiro atoms. The van der Waals surface area contributed by atoms with E-state index in [0.29, 0.717) is 6.54 Å². The van der Waals surface area contributed by atoms with Crippen LogP contribution >= 0.6 is 0 Å². The summed E-state index contributed by atoms with van der Waals surface area (Å²) in [5, 5.41) is 2.70. The molecule has 0 aliphatic carbocycles. The van der Waals surface area contributed by atoms with Crippen LogP contribution in [-0.2, 0) is 14.8 Å². The van der Waals surface area contributed by atoms with Gasteiger partial charge in [-0.2, -0.15) is 0 Å². The fraction of sp³-hybridized carbons (Fsp3) is 0.222. The Labute approximate surface area is 152 Å². The second-order valence-electron chi connectivity index (χ2n) is 5.46. The molecule has 0 atom stereocenters. The van der Waals surface area contributed by atoms with Gasteiger partial charge < -0.3 is 10.1 Å². The van der Waals surface area contributed by atoms with Crippen molar-refractivity contribution in [1.82, 2.24) is 5.32 Å². The minimum atomic E-state index is -3.92. The van der Waals surface area contributed by atoms with Gasteiger partial charge in [0.05, 0.1) is 17.6 Å². The maximum atomic E-state index is 12.6. The molecule has 26 heavy (non-hydrogen) atoms. The third-order valence-electron chi connectivity index (χ3n) is 3.48. The molecule has 2 N–H and O–H groups in total. The summed E-state index contributed by atoms with van der Waals surface area (Å²) in [6, 6.07) is 11.7. The minimum absolute atomic E-state index is 0.0508. The van der Waals surface area contributed by atoms with Crippen LogP contribution in [0.2, 0.25) is 0 Å². The van der Waals surface area contributed by atoms with Crippen LogP contribution in [0.5, 0.6) is 0 Å². The summed E-state index contributed by atoms with van der Waals surface area (Å²) in [4.78, 5) is 23.5. The third kappa shape index (κ3) is 4.82. The van der Waals surface area contributed by atoms with Crippen molar-refractivity contribution >= 4 is 27.6 Å². The number of methoxy groups -OCH3 is 1. The number of ether oxygens (including phenoxy) is 1. The van der Waals surface area contributed by atoms with E-state index in [1.807, 2.05) is 6.92 Å². The first kappa shape index (κ1) is 19.5. The predicted octanol–water partition coefficient (Wildman–Crippen LogP) is 2.41. The molecule has 0 aliphatic heterocycles. The van der Waals surface area contributed by atoms with Crippen LogP contribution in [0.3, 0.4) is 0 Å². The molecule has 1 amide bonds. The second kappa shape index (κ2) is 8.48. The molecule has 0 fully saturated rings. The van der Waals surface area contributed by atoms with Crippen molar-refractivity contribution in [1.29, 1.82) is 0 Å². The van der Waals surface area contributed by atoms with Crippen molar-refractivity contribution in [2.24, 2.45) is 0 Å². The van der Waals surface area contributed by atoms with Crippen molar-refractivity contribution in [3.8, 4) is 0 Å². The van der Waals surface area contributed by atoms with E-state index in [4.69, 9.17) is 0 Å². The average molecular weight is 376 g/mol. The van der Waals surface area contributed by atoms with E-state index < -0.39 is 16.0 Å². The third-order valence-corrected chi connectivity index (χ3v) is 4.86. The topological polar surface area (TPSA) is 102 Å². The van der Waals surface area contributed by atoms with E-state index in [1.54, 1.807) is 12.1 Å². The summed E-state index contributed by atoms with van der Waals surface area (Å²) in [5.41, 5.74) is 0.693. The number of sulfonamides is 1. The van der Waals surface area contributed by atoms with Crippen LogP contribution in [0.15, 0.2) is 53.4 Å². The average Bonchev–Trinajstić information content (AvgIpc) is 2.65. The SMILES string of the molecule is CCCNC(=O)c1cccc(S(=O)(=O)Nc2cccc(C(=O)OC)c2)c1. The number of benzene rings is 2. The first-order valence-corrected chi connectivity index (χ1v) is 9.45. The lowest BCUT2D eigenvalue weighted by atomic mass is 10.2. The number of carbonyl (C=O) groups is 2. The van der Waals surface area contributed by atoms with Gasteiger partial charge in [-0.25, -0.2) is 13.2 Å². The molecule has 7 nitrogen and oxygen atoms in total. The highest BCUT2D eigenvalue weighted by Gasteiger charge is 2.17. The number of hydrogen-bond acceptors (Lipinski definition) is 5. The van der Waals surface area contributed by atoms with Gasteiger partial charge in [0.25, 0.3) is 15.9 Å². The van der Waals surface area contributed by atoms with Gasteiger partial charge in [0.2, 0.25) is 0 Å². The van der Waals surface area contributed by atoms with E-state index in [2.05, 4.69) is 14.8 Å². The summed E-state index contributed by atoms with van der Waals surface area (Å²) >= 11 is 0. The summed E-state index contributed by atoms with van der Waals surface area (Å²) in [6.45, 7) is 2.43. The quantitative estimate of drug-likeness (QED) is 0.723. The smallest absolute Gasteiger partial charge is 0.337 e. The maximum Gasteiger partial charge on any atom is 0.337 e. The van der Waals surface area contributed by atoms with Gasteiger partial charge in [-0.3, -0.25) is 9.52 Å². The Balaban J connectivity index is 2.25. The number of amides is 1. The van der Waals surface area contributed by atoms with Crippen molar-refractivity contribution in [2.45, 2.75) is 18.2 Å². The van der Waals surface area contributed by atoms with E-state index in [0.717, 1.165) is 6.42 Å².